The Labute approximate surface area is 127 Å². The molecule has 1 aromatic rings. The molecule has 0 bridgehead atoms. The van der Waals surface area contributed by atoms with Gasteiger partial charge in [-0.15, -0.1) is 0 Å². The molecule has 1 atom stereocenters. The summed E-state index contributed by atoms with van der Waals surface area (Å²) in [5, 5.41) is 0. The van der Waals surface area contributed by atoms with Gasteiger partial charge in [0.25, 0.3) is 0 Å². The van der Waals surface area contributed by atoms with Crippen molar-refractivity contribution in [2.75, 3.05) is 34.5 Å². The van der Waals surface area contributed by atoms with Crippen LogP contribution < -0.4 is 9.46 Å². The van der Waals surface area contributed by atoms with Crippen molar-refractivity contribution >= 4 is 26.0 Å². The molecule has 0 spiro atoms. The Morgan fingerprint density at radius 1 is 1.30 bits per heavy atom. The SMILES string of the molecule is COCC(CNS(=O)(=O)c1ccc(OC)c(Br)c1)OC. The molecule has 1 unspecified atom stereocenters. The number of sulfonamides is 1. The number of rotatable bonds is 8. The van der Waals surface area contributed by atoms with E-state index in [1.807, 2.05) is 0 Å². The van der Waals surface area contributed by atoms with Crippen molar-refractivity contribution in [3.8, 4) is 5.75 Å². The predicted molar refractivity (Wildman–Crippen MR) is 78.6 cm³/mol. The van der Waals surface area contributed by atoms with Gasteiger partial charge in [-0.3, -0.25) is 0 Å². The van der Waals surface area contributed by atoms with Crippen molar-refractivity contribution in [1.29, 1.82) is 0 Å². The second-order valence-corrected chi connectivity index (χ2v) is 6.58. The van der Waals surface area contributed by atoms with Gasteiger partial charge in [0, 0.05) is 20.8 Å². The van der Waals surface area contributed by atoms with E-state index in [2.05, 4.69) is 20.7 Å². The van der Waals surface area contributed by atoms with E-state index in [9.17, 15) is 8.42 Å². The largest absolute Gasteiger partial charge is 0.496 e. The third-order valence-electron chi connectivity index (χ3n) is 2.62. The second kappa shape index (κ2) is 7.94. The number of halogens is 1. The van der Waals surface area contributed by atoms with Crippen LogP contribution in [0.2, 0.25) is 0 Å². The minimum absolute atomic E-state index is 0.135. The third-order valence-corrected chi connectivity index (χ3v) is 4.66. The number of ether oxygens (including phenoxy) is 3. The maximum absolute atomic E-state index is 12.1. The van der Waals surface area contributed by atoms with Gasteiger partial charge in [-0.25, -0.2) is 13.1 Å². The summed E-state index contributed by atoms with van der Waals surface area (Å²) in [4.78, 5) is 0.150. The maximum atomic E-state index is 12.1. The highest BCUT2D eigenvalue weighted by atomic mass is 79.9. The standard InChI is InChI=1S/C12H18BrNO5S/c1-17-8-9(18-2)7-14-20(15,16)10-4-5-12(19-3)11(13)6-10/h4-6,9,14H,7-8H2,1-3H3. The summed E-state index contributed by atoms with van der Waals surface area (Å²) in [5.74, 6) is 0.568. The summed E-state index contributed by atoms with van der Waals surface area (Å²) in [6.45, 7) is 0.446. The van der Waals surface area contributed by atoms with Crippen molar-refractivity contribution in [1.82, 2.24) is 4.72 Å². The molecule has 0 aliphatic rings. The van der Waals surface area contributed by atoms with Crippen LogP contribution in [0.25, 0.3) is 0 Å². The molecule has 1 aromatic carbocycles. The highest BCUT2D eigenvalue weighted by Crippen LogP contribution is 2.27. The quantitative estimate of drug-likeness (QED) is 0.751. The zero-order valence-corrected chi connectivity index (χ0v) is 14.0. The first kappa shape index (κ1) is 17.4. The number of hydrogen-bond acceptors (Lipinski definition) is 5. The molecule has 0 aromatic heterocycles. The zero-order valence-electron chi connectivity index (χ0n) is 11.6. The van der Waals surface area contributed by atoms with Crippen LogP contribution in [0.3, 0.4) is 0 Å². The molecule has 0 fully saturated rings. The van der Waals surface area contributed by atoms with Gasteiger partial charge in [0.2, 0.25) is 10.0 Å². The number of nitrogens with one attached hydrogen (secondary N) is 1. The van der Waals surface area contributed by atoms with Gasteiger partial charge in [-0.05, 0) is 34.1 Å². The molecule has 114 valence electrons. The molecule has 0 aliphatic heterocycles. The monoisotopic (exact) mass is 367 g/mol. The van der Waals surface area contributed by atoms with E-state index in [1.165, 1.54) is 33.5 Å². The highest BCUT2D eigenvalue weighted by Gasteiger charge is 2.18. The summed E-state index contributed by atoms with van der Waals surface area (Å²) < 4.78 is 42.4. The van der Waals surface area contributed by atoms with Gasteiger partial charge in [-0.2, -0.15) is 0 Å². The topological polar surface area (TPSA) is 73.9 Å². The number of benzene rings is 1. The van der Waals surface area contributed by atoms with Crippen LogP contribution in [0.5, 0.6) is 5.75 Å². The van der Waals surface area contributed by atoms with E-state index in [4.69, 9.17) is 14.2 Å². The Morgan fingerprint density at radius 3 is 2.50 bits per heavy atom. The Kier molecular flexibility index (Phi) is 6.90. The molecule has 0 heterocycles. The molecule has 6 nitrogen and oxygen atoms in total. The van der Waals surface area contributed by atoms with Crippen molar-refractivity contribution in [2.24, 2.45) is 0 Å². The van der Waals surface area contributed by atoms with Crippen LogP contribution in [0, 0.1) is 0 Å². The second-order valence-electron chi connectivity index (χ2n) is 3.96. The molecule has 0 saturated heterocycles. The van der Waals surface area contributed by atoms with E-state index in [0.717, 1.165) is 0 Å². The average Bonchev–Trinajstić information content (AvgIpc) is 2.43. The van der Waals surface area contributed by atoms with E-state index < -0.39 is 10.0 Å². The molecule has 0 aliphatic carbocycles. The molecular formula is C12H18BrNO5S. The molecule has 20 heavy (non-hydrogen) atoms. The minimum atomic E-state index is -3.60. The molecule has 8 heteroatoms. The van der Waals surface area contributed by atoms with Crippen molar-refractivity contribution < 1.29 is 22.6 Å². The van der Waals surface area contributed by atoms with Gasteiger partial charge in [0.1, 0.15) is 5.75 Å². The van der Waals surface area contributed by atoms with Crippen LogP contribution in [0.4, 0.5) is 0 Å². The summed E-state index contributed by atoms with van der Waals surface area (Å²) in [7, 11) is 0.943. The third kappa shape index (κ3) is 4.71. The fourth-order valence-corrected chi connectivity index (χ4v) is 3.28. The number of hydrogen-bond donors (Lipinski definition) is 1. The Bertz CT molecular complexity index is 535. The van der Waals surface area contributed by atoms with Crippen molar-refractivity contribution in [3.63, 3.8) is 0 Å². The van der Waals surface area contributed by atoms with Gasteiger partial charge >= 0.3 is 0 Å². The molecular weight excluding hydrogens is 350 g/mol. The first-order valence-electron chi connectivity index (χ1n) is 5.79. The lowest BCUT2D eigenvalue weighted by Gasteiger charge is -2.15. The Morgan fingerprint density at radius 2 is 2.00 bits per heavy atom. The van der Waals surface area contributed by atoms with Crippen molar-refractivity contribution in [3.05, 3.63) is 22.7 Å². The average molecular weight is 368 g/mol. The van der Waals surface area contributed by atoms with Gasteiger partial charge in [0.05, 0.1) is 29.2 Å². The zero-order chi connectivity index (χ0) is 15.2. The van der Waals surface area contributed by atoms with Gasteiger partial charge in [-0.1, -0.05) is 0 Å². The number of methoxy groups -OCH3 is 3. The predicted octanol–water partition coefficient (Wildman–Crippen LogP) is 1.40. The lowest BCUT2D eigenvalue weighted by atomic mass is 10.3. The lowest BCUT2D eigenvalue weighted by molar-refractivity contribution is 0.0320. The van der Waals surface area contributed by atoms with E-state index in [0.29, 0.717) is 16.8 Å². The van der Waals surface area contributed by atoms with E-state index >= 15 is 0 Å². The van der Waals surface area contributed by atoms with Crippen LogP contribution in [-0.2, 0) is 19.5 Å². The summed E-state index contributed by atoms with van der Waals surface area (Å²) in [6, 6.07) is 4.55. The summed E-state index contributed by atoms with van der Waals surface area (Å²) in [5.41, 5.74) is 0. The molecule has 1 rings (SSSR count). The van der Waals surface area contributed by atoms with E-state index in [-0.39, 0.29) is 17.5 Å². The fourth-order valence-electron chi connectivity index (χ4n) is 1.50. The molecule has 0 saturated carbocycles. The Hall–Kier alpha value is -0.670. The fraction of sp³-hybridized carbons (Fsp3) is 0.500. The first-order valence-corrected chi connectivity index (χ1v) is 8.07. The summed E-state index contributed by atoms with van der Waals surface area (Å²) >= 11 is 3.26. The first-order chi connectivity index (χ1) is 9.44. The smallest absolute Gasteiger partial charge is 0.240 e. The maximum Gasteiger partial charge on any atom is 0.240 e. The molecule has 0 radical (unpaired) electrons. The van der Waals surface area contributed by atoms with Crippen molar-refractivity contribution in [2.45, 2.75) is 11.0 Å². The lowest BCUT2D eigenvalue weighted by Crippen LogP contribution is -2.35. The summed E-state index contributed by atoms with van der Waals surface area (Å²) in [6.07, 6.45) is -0.337. The van der Waals surface area contributed by atoms with Gasteiger partial charge < -0.3 is 14.2 Å². The van der Waals surface area contributed by atoms with Crippen LogP contribution in [0.15, 0.2) is 27.6 Å². The van der Waals surface area contributed by atoms with Crippen LogP contribution in [-0.4, -0.2) is 49.0 Å². The normalized spacial score (nSPS) is 13.2. The van der Waals surface area contributed by atoms with Gasteiger partial charge in [0.15, 0.2) is 0 Å². The minimum Gasteiger partial charge on any atom is -0.496 e. The molecule has 0 amide bonds. The van der Waals surface area contributed by atoms with E-state index in [1.54, 1.807) is 6.07 Å². The van der Waals surface area contributed by atoms with Crippen LogP contribution in [0.1, 0.15) is 0 Å². The Balaban J connectivity index is 2.81. The highest BCUT2D eigenvalue weighted by molar-refractivity contribution is 9.10. The molecule has 1 N–H and O–H groups in total. The van der Waals surface area contributed by atoms with Crippen LogP contribution >= 0.6 is 15.9 Å².